The molecule has 1 atom stereocenters. The highest BCUT2D eigenvalue weighted by Gasteiger charge is 2.36. The Hall–Kier alpha value is -3.58. The maximum atomic E-state index is 13.1. The summed E-state index contributed by atoms with van der Waals surface area (Å²) in [5, 5.41) is 2.81. The van der Waals surface area contributed by atoms with Crippen LogP contribution < -0.4 is 10.1 Å². The summed E-state index contributed by atoms with van der Waals surface area (Å²) in [6, 6.07) is 26.4. The van der Waals surface area contributed by atoms with E-state index in [0.29, 0.717) is 23.1 Å². The minimum absolute atomic E-state index is 0.0896. The summed E-state index contributed by atoms with van der Waals surface area (Å²) in [4.78, 5) is 32.5. The van der Waals surface area contributed by atoms with Crippen molar-refractivity contribution in [2.75, 3.05) is 12.4 Å². The monoisotopic (exact) mass is 445 g/mol. The molecular weight excluding hydrogens is 422 g/mol. The van der Waals surface area contributed by atoms with E-state index in [1.807, 2.05) is 72.8 Å². The van der Waals surface area contributed by atoms with E-state index >= 15 is 0 Å². The summed E-state index contributed by atoms with van der Waals surface area (Å²) >= 11 is 1.30. The first-order valence-electron chi connectivity index (χ1n) is 10.2. The number of rotatable bonds is 6. The standard InChI is InChI=1S/C25H23N3O3S/c1-31-21-15-9-8-14-20(21)27-24(30)22-16-23(29)28(17-18-10-4-2-5-11-18)25(32-22)26-19-12-6-3-7-13-19/h2-15,22H,16-17H2,1H3,(H,27,30). The summed E-state index contributed by atoms with van der Waals surface area (Å²) in [6.45, 7) is 0.402. The van der Waals surface area contributed by atoms with E-state index in [-0.39, 0.29) is 18.2 Å². The van der Waals surface area contributed by atoms with E-state index in [4.69, 9.17) is 9.73 Å². The van der Waals surface area contributed by atoms with Gasteiger partial charge in [-0.15, -0.1) is 0 Å². The van der Waals surface area contributed by atoms with Gasteiger partial charge in [-0.25, -0.2) is 4.99 Å². The van der Waals surface area contributed by atoms with Crippen LogP contribution in [0.3, 0.4) is 0 Å². The normalized spacial score (nSPS) is 17.3. The van der Waals surface area contributed by atoms with Gasteiger partial charge < -0.3 is 10.1 Å². The second-order valence-electron chi connectivity index (χ2n) is 7.20. The molecule has 162 valence electrons. The number of amides is 2. The van der Waals surface area contributed by atoms with Crippen LogP contribution in [0.4, 0.5) is 11.4 Å². The lowest BCUT2D eigenvalue weighted by molar-refractivity contribution is -0.129. The Labute approximate surface area is 191 Å². The lowest BCUT2D eigenvalue weighted by atomic mass is 10.2. The summed E-state index contributed by atoms with van der Waals surface area (Å²) in [5.74, 6) is 0.173. The van der Waals surface area contributed by atoms with Gasteiger partial charge in [0.2, 0.25) is 11.8 Å². The molecule has 1 fully saturated rings. The fourth-order valence-corrected chi connectivity index (χ4v) is 4.43. The van der Waals surface area contributed by atoms with Gasteiger partial charge in [0.25, 0.3) is 0 Å². The maximum absolute atomic E-state index is 13.1. The highest BCUT2D eigenvalue weighted by Crippen LogP contribution is 2.32. The Bertz CT molecular complexity index is 1120. The van der Waals surface area contributed by atoms with Crippen LogP contribution in [-0.4, -0.2) is 34.2 Å². The van der Waals surface area contributed by atoms with Crippen molar-refractivity contribution in [3.8, 4) is 5.75 Å². The number of hydrogen-bond donors (Lipinski definition) is 1. The Morgan fingerprint density at radius 2 is 1.69 bits per heavy atom. The molecular formula is C25H23N3O3S. The second-order valence-corrected chi connectivity index (χ2v) is 8.37. The predicted octanol–water partition coefficient (Wildman–Crippen LogP) is 4.86. The Balaban J connectivity index is 1.59. The van der Waals surface area contributed by atoms with Crippen LogP contribution in [0.5, 0.6) is 5.75 Å². The molecule has 3 aromatic rings. The van der Waals surface area contributed by atoms with Gasteiger partial charge >= 0.3 is 0 Å². The van der Waals surface area contributed by atoms with Gasteiger partial charge in [-0.05, 0) is 29.8 Å². The molecule has 4 rings (SSSR count). The molecule has 1 heterocycles. The fraction of sp³-hybridized carbons (Fsp3) is 0.160. The molecule has 1 aliphatic heterocycles. The van der Waals surface area contributed by atoms with Gasteiger partial charge in [0.05, 0.1) is 25.0 Å². The minimum Gasteiger partial charge on any atom is -0.495 e. The Morgan fingerprint density at radius 3 is 2.41 bits per heavy atom. The van der Waals surface area contributed by atoms with E-state index < -0.39 is 5.25 Å². The van der Waals surface area contributed by atoms with Gasteiger partial charge in [0, 0.05) is 6.42 Å². The van der Waals surface area contributed by atoms with Crippen LogP contribution >= 0.6 is 11.8 Å². The number of carbonyl (C=O) groups excluding carboxylic acids is 2. The van der Waals surface area contributed by atoms with E-state index in [9.17, 15) is 9.59 Å². The lowest BCUT2D eigenvalue weighted by Gasteiger charge is -2.32. The first-order chi connectivity index (χ1) is 15.6. The summed E-state index contributed by atoms with van der Waals surface area (Å²) in [6.07, 6.45) is 0.0896. The summed E-state index contributed by atoms with van der Waals surface area (Å²) in [7, 11) is 1.55. The number of amidine groups is 1. The van der Waals surface area contributed by atoms with Crippen molar-refractivity contribution in [2.45, 2.75) is 18.2 Å². The number of carbonyl (C=O) groups is 2. The molecule has 0 aliphatic carbocycles. The average Bonchev–Trinajstić information content (AvgIpc) is 2.82. The molecule has 32 heavy (non-hydrogen) atoms. The van der Waals surface area contributed by atoms with E-state index in [2.05, 4.69) is 5.32 Å². The number of benzene rings is 3. The first-order valence-corrected chi connectivity index (χ1v) is 11.1. The number of hydrogen-bond acceptors (Lipinski definition) is 5. The number of methoxy groups -OCH3 is 1. The van der Waals surface area contributed by atoms with Crippen LogP contribution in [0, 0.1) is 0 Å². The van der Waals surface area contributed by atoms with Gasteiger partial charge in [-0.2, -0.15) is 0 Å². The van der Waals surface area contributed by atoms with Crippen molar-refractivity contribution in [1.82, 2.24) is 4.90 Å². The molecule has 6 nitrogen and oxygen atoms in total. The van der Waals surface area contributed by atoms with Crippen LogP contribution in [-0.2, 0) is 16.1 Å². The van der Waals surface area contributed by atoms with Crippen molar-refractivity contribution in [3.05, 3.63) is 90.5 Å². The molecule has 0 radical (unpaired) electrons. The largest absolute Gasteiger partial charge is 0.495 e. The van der Waals surface area contributed by atoms with Crippen LogP contribution in [0.15, 0.2) is 89.9 Å². The van der Waals surface area contributed by atoms with Gasteiger partial charge in [0.1, 0.15) is 11.0 Å². The number of para-hydroxylation sites is 3. The third kappa shape index (κ3) is 5.18. The summed E-state index contributed by atoms with van der Waals surface area (Å²) in [5.41, 5.74) is 2.30. The molecule has 0 bridgehead atoms. The lowest BCUT2D eigenvalue weighted by Crippen LogP contribution is -2.44. The second kappa shape index (κ2) is 10.2. The van der Waals surface area contributed by atoms with Crippen LogP contribution in [0.25, 0.3) is 0 Å². The summed E-state index contributed by atoms with van der Waals surface area (Å²) < 4.78 is 5.32. The third-order valence-electron chi connectivity index (χ3n) is 4.96. The molecule has 2 amide bonds. The quantitative estimate of drug-likeness (QED) is 0.588. The zero-order chi connectivity index (χ0) is 22.3. The van der Waals surface area contributed by atoms with Crippen molar-refractivity contribution < 1.29 is 14.3 Å². The van der Waals surface area contributed by atoms with Crippen molar-refractivity contribution >= 4 is 40.1 Å². The van der Waals surface area contributed by atoms with Gasteiger partial charge in [-0.3, -0.25) is 14.5 Å². The van der Waals surface area contributed by atoms with Gasteiger partial charge in [0.15, 0.2) is 5.17 Å². The Morgan fingerprint density at radius 1 is 1.03 bits per heavy atom. The number of thioether (sulfide) groups is 1. The molecule has 1 N–H and O–H groups in total. The number of anilines is 1. The fourth-order valence-electron chi connectivity index (χ4n) is 3.34. The maximum Gasteiger partial charge on any atom is 0.238 e. The van der Waals surface area contributed by atoms with E-state index in [1.54, 1.807) is 24.1 Å². The van der Waals surface area contributed by atoms with E-state index in [0.717, 1.165) is 11.3 Å². The molecule has 0 aromatic heterocycles. The molecule has 0 saturated carbocycles. The molecule has 7 heteroatoms. The van der Waals surface area contributed by atoms with E-state index in [1.165, 1.54) is 11.8 Å². The van der Waals surface area contributed by atoms with Crippen molar-refractivity contribution in [3.63, 3.8) is 0 Å². The minimum atomic E-state index is -0.595. The predicted molar refractivity (Wildman–Crippen MR) is 128 cm³/mol. The molecule has 1 aliphatic rings. The first kappa shape index (κ1) is 21.6. The molecule has 0 spiro atoms. The van der Waals surface area contributed by atoms with Crippen molar-refractivity contribution in [2.24, 2.45) is 4.99 Å². The molecule has 1 saturated heterocycles. The number of nitrogens with zero attached hydrogens (tertiary/aromatic N) is 2. The van der Waals surface area contributed by atoms with Gasteiger partial charge in [-0.1, -0.05) is 72.4 Å². The smallest absolute Gasteiger partial charge is 0.238 e. The van der Waals surface area contributed by atoms with Crippen molar-refractivity contribution in [1.29, 1.82) is 0 Å². The zero-order valence-corrected chi connectivity index (χ0v) is 18.4. The molecule has 1 unspecified atom stereocenters. The number of ether oxygens (including phenoxy) is 1. The Kier molecular flexibility index (Phi) is 6.87. The highest BCUT2D eigenvalue weighted by atomic mass is 32.2. The third-order valence-corrected chi connectivity index (χ3v) is 6.15. The number of nitrogens with one attached hydrogen (secondary N) is 1. The SMILES string of the molecule is COc1ccccc1NC(=O)C1CC(=O)N(Cc2ccccc2)C(=Nc2ccccc2)S1. The zero-order valence-electron chi connectivity index (χ0n) is 17.6. The van der Waals surface area contributed by atoms with Crippen LogP contribution in [0.2, 0.25) is 0 Å². The van der Waals surface area contributed by atoms with Crippen LogP contribution in [0.1, 0.15) is 12.0 Å². The number of aliphatic imine (C=N–C) groups is 1. The topological polar surface area (TPSA) is 71.0 Å². The average molecular weight is 446 g/mol. The molecule has 3 aromatic carbocycles. The highest BCUT2D eigenvalue weighted by molar-refractivity contribution is 8.15.